The molecule has 0 spiro atoms. The number of pyridine rings is 1. The van der Waals surface area contributed by atoms with Crippen LogP contribution in [0.3, 0.4) is 0 Å². The Hall–Kier alpha value is -1.19. The maximum atomic E-state index is 11.0. The summed E-state index contributed by atoms with van der Waals surface area (Å²) in [5.74, 6) is 0. The van der Waals surface area contributed by atoms with Crippen molar-refractivity contribution >= 4 is 15.9 Å². The smallest absolute Gasteiger partial charge is 0.0943 e. The summed E-state index contributed by atoms with van der Waals surface area (Å²) in [6.45, 7) is 2.07. The number of halogens is 1. The van der Waals surface area contributed by atoms with Crippen LogP contribution in [0.4, 0.5) is 0 Å². The molecule has 2 nitrogen and oxygen atoms in total. The predicted octanol–water partition coefficient (Wildman–Crippen LogP) is 3.53. The summed E-state index contributed by atoms with van der Waals surface area (Å²) in [6.07, 6.45) is 5.96. The average molecular weight is 318 g/mol. The van der Waals surface area contributed by atoms with Gasteiger partial charge in [0, 0.05) is 23.3 Å². The van der Waals surface area contributed by atoms with Gasteiger partial charge in [-0.1, -0.05) is 23.8 Å². The second-order valence-corrected chi connectivity index (χ2v) is 6.30. The largest absolute Gasteiger partial charge is 0.385 e. The van der Waals surface area contributed by atoms with E-state index in [0.717, 1.165) is 28.4 Å². The molecule has 1 aliphatic carbocycles. The summed E-state index contributed by atoms with van der Waals surface area (Å²) in [5.41, 5.74) is 3.88. The Bertz CT molecular complexity index is 626. The Morgan fingerprint density at radius 1 is 1.32 bits per heavy atom. The number of aromatic nitrogens is 1. The number of hydrogen-bond donors (Lipinski definition) is 1. The van der Waals surface area contributed by atoms with Gasteiger partial charge in [0.1, 0.15) is 0 Å². The number of rotatable bonds is 2. The average Bonchev–Trinajstić information content (AvgIpc) is 2.67. The fourth-order valence-electron chi connectivity index (χ4n) is 2.89. The molecule has 1 aromatic carbocycles. The highest BCUT2D eigenvalue weighted by molar-refractivity contribution is 9.10. The van der Waals surface area contributed by atoms with E-state index < -0.39 is 5.60 Å². The molecule has 0 radical (unpaired) electrons. The summed E-state index contributed by atoms with van der Waals surface area (Å²) in [5, 5.41) is 11.0. The molecular weight excluding hydrogens is 302 g/mol. The zero-order valence-corrected chi connectivity index (χ0v) is 12.4. The van der Waals surface area contributed by atoms with E-state index in [1.54, 1.807) is 6.20 Å². The van der Waals surface area contributed by atoms with Crippen molar-refractivity contribution in [2.45, 2.75) is 31.8 Å². The lowest BCUT2D eigenvalue weighted by atomic mass is 9.88. The van der Waals surface area contributed by atoms with Crippen LogP contribution < -0.4 is 0 Å². The van der Waals surface area contributed by atoms with Gasteiger partial charge < -0.3 is 5.11 Å². The van der Waals surface area contributed by atoms with Gasteiger partial charge in [-0.3, -0.25) is 4.98 Å². The van der Waals surface area contributed by atoms with E-state index in [2.05, 4.69) is 46.0 Å². The predicted molar refractivity (Wildman–Crippen MR) is 79.0 cm³/mol. The highest BCUT2D eigenvalue weighted by Gasteiger charge is 2.36. The molecule has 1 atom stereocenters. The third-order valence-electron chi connectivity index (χ3n) is 3.83. The molecule has 3 heteroatoms. The zero-order valence-electron chi connectivity index (χ0n) is 10.9. The lowest BCUT2D eigenvalue weighted by Crippen LogP contribution is -2.25. The summed E-state index contributed by atoms with van der Waals surface area (Å²) in [4.78, 5) is 4.17. The highest BCUT2D eigenvalue weighted by atomic mass is 79.9. The second kappa shape index (κ2) is 4.73. The number of nitrogens with zero attached hydrogens (tertiary/aromatic N) is 1. The van der Waals surface area contributed by atoms with Crippen molar-refractivity contribution in [1.29, 1.82) is 0 Å². The summed E-state index contributed by atoms with van der Waals surface area (Å²) in [6, 6.07) is 8.40. The normalized spacial score (nSPS) is 21.4. The third-order valence-corrected chi connectivity index (χ3v) is 4.27. The van der Waals surface area contributed by atoms with Crippen LogP contribution in [0.5, 0.6) is 0 Å². The molecule has 0 aliphatic heterocycles. The minimum absolute atomic E-state index is 0.621. The molecular formula is C16H16BrNO. The molecule has 3 rings (SSSR count). The third kappa shape index (κ3) is 2.45. The summed E-state index contributed by atoms with van der Waals surface area (Å²) < 4.78 is 0.955. The molecule has 0 saturated heterocycles. The molecule has 0 saturated carbocycles. The fraction of sp³-hybridized carbons (Fsp3) is 0.312. The molecule has 2 aromatic rings. The molecule has 19 heavy (non-hydrogen) atoms. The summed E-state index contributed by atoms with van der Waals surface area (Å²) in [7, 11) is 0. The van der Waals surface area contributed by atoms with Crippen LogP contribution in [-0.2, 0) is 18.4 Å². The van der Waals surface area contributed by atoms with E-state index in [0.29, 0.717) is 6.42 Å². The van der Waals surface area contributed by atoms with Crippen LogP contribution in [0.2, 0.25) is 0 Å². The maximum absolute atomic E-state index is 11.0. The zero-order chi connectivity index (χ0) is 13.5. The van der Waals surface area contributed by atoms with Crippen molar-refractivity contribution in [3.63, 3.8) is 0 Å². The molecule has 98 valence electrons. The van der Waals surface area contributed by atoms with Crippen LogP contribution in [0.25, 0.3) is 0 Å². The minimum atomic E-state index is -0.746. The van der Waals surface area contributed by atoms with Crippen molar-refractivity contribution in [2.75, 3.05) is 0 Å². The van der Waals surface area contributed by atoms with Crippen LogP contribution in [0.1, 0.15) is 28.7 Å². The Balaban J connectivity index is 1.96. The van der Waals surface area contributed by atoms with Crippen molar-refractivity contribution in [3.05, 3.63) is 63.4 Å². The van der Waals surface area contributed by atoms with Gasteiger partial charge in [0.15, 0.2) is 0 Å². The van der Waals surface area contributed by atoms with Gasteiger partial charge in [0.25, 0.3) is 0 Å². The number of fused-ring (bicyclic) bond motifs is 1. The van der Waals surface area contributed by atoms with Crippen LogP contribution >= 0.6 is 15.9 Å². The van der Waals surface area contributed by atoms with Crippen molar-refractivity contribution in [3.8, 4) is 0 Å². The standard InChI is InChI=1S/C16H16BrNO/c1-11-2-3-13-4-5-16(19,15(13)6-11)8-12-7-14(17)10-18-9-12/h2-3,6-7,9-10,19H,4-5,8H2,1H3. The van der Waals surface area contributed by atoms with Crippen molar-refractivity contribution in [2.24, 2.45) is 0 Å². The van der Waals surface area contributed by atoms with E-state index >= 15 is 0 Å². The molecule has 1 aromatic heterocycles. The maximum Gasteiger partial charge on any atom is 0.0943 e. The van der Waals surface area contributed by atoms with E-state index in [-0.39, 0.29) is 0 Å². The first-order chi connectivity index (χ1) is 9.07. The van der Waals surface area contributed by atoms with Gasteiger partial charge in [-0.2, -0.15) is 0 Å². The lowest BCUT2D eigenvalue weighted by Gasteiger charge is -2.24. The van der Waals surface area contributed by atoms with Gasteiger partial charge >= 0.3 is 0 Å². The quantitative estimate of drug-likeness (QED) is 0.919. The van der Waals surface area contributed by atoms with E-state index in [9.17, 15) is 5.11 Å². The van der Waals surface area contributed by atoms with E-state index in [1.807, 2.05) is 12.3 Å². The molecule has 1 N–H and O–H groups in total. The monoisotopic (exact) mass is 317 g/mol. The molecule has 0 fully saturated rings. The first-order valence-corrected chi connectivity index (χ1v) is 7.28. The SMILES string of the molecule is Cc1ccc2c(c1)C(O)(Cc1cncc(Br)c1)CC2. The highest BCUT2D eigenvalue weighted by Crippen LogP contribution is 2.39. The van der Waals surface area contributed by atoms with Gasteiger partial charge in [-0.15, -0.1) is 0 Å². The van der Waals surface area contributed by atoms with Crippen LogP contribution in [0.15, 0.2) is 41.1 Å². The Morgan fingerprint density at radius 2 is 2.16 bits per heavy atom. The van der Waals surface area contributed by atoms with Gasteiger partial charge in [-0.05, 0) is 58.5 Å². The van der Waals surface area contributed by atoms with Crippen molar-refractivity contribution in [1.82, 2.24) is 4.98 Å². The van der Waals surface area contributed by atoms with Crippen LogP contribution in [-0.4, -0.2) is 10.1 Å². The number of aryl methyl sites for hydroxylation is 2. The number of hydrogen-bond acceptors (Lipinski definition) is 2. The fourth-order valence-corrected chi connectivity index (χ4v) is 3.30. The minimum Gasteiger partial charge on any atom is -0.385 e. The molecule has 0 amide bonds. The van der Waals surface area contributed by atoms with E-state index in [4.69, 9.17) is 0 Å². The molecule has 0 bridgehead atoms. The van der Waals surface area contributed by atoms with Gasteiger partial charge in [0.05, 0.1) is 5.60 Å². The number of benzene rings is 1. The van der Waals surface area contributed by atoms with Gasteiger partial charge in [0.2, 0.25) is 0 Å². The molecule has 1 heterocycles. The van der Waals surface area contributed by atoms with Gasteiger partial charge in [-0.25, -0.2) is 0 Å². The van der Waals surface area contributed by atoms with Crippen LogP contribution in [0, 0.1) is 6.92 Å². The Morgan fingerprint density at radius 3 is 2.95 bits per heavy atom. The second-order valence-electron chi connectivity index (χ2n) is 5.38. The lowest BCUT2D eigenvalue weighted by molar-refractivity contribution is 0.0388. The summed E-state index contributed by atoms with van der Waals surface area (Å²) >= 11 is 3.43. The topological polar surface area (TPSA) is 33.1 Å². The molecule has 1 aliphatic rings. The molecule has 1 unspecified atom stereocenters. The number of aliphatic hydroxyl groups is 1. The van der Waals surface area contributed by atoms with E-state index in [1.165, 1.54) is 11.1 Å². The Labute approximate surface area is 121 Å². The first-order valence-electron chi connectivity index (χ1n) is 6.49. The Kier molecular flexibility index (Phi) is 3.19. The van der Waals surface area contributed by atoms with Crippen molar-refractivity contribution < 1.29 is 5.11 Å². The first kappa shape index (κ1) is 12.8.